The van der Waals surface area contributed by atoms with Gasteiger partial charge in [-0.3, -0.25) is 9.59 Å². The van der Waals surface area contributed by atoms with Gasteiger partial charge in [0, 0.05) is 0 Å². The van der Waals surface area contributed by atoms with Gasteiger partial charge < -0.3 is 4.74 Å². The summed E-state index contributed by atoms with van der Waals surface area (Å²) in [5.41, 5.74) is 0.664. The summed E-state index contributed by atoms with van der Waals surface area (Å²) < 4.78 is 5.32. The number of benzene rings is 1. The van der Waals surface area contributed by atoms with Gasteiger partial charge in [-0.2, -0.15) is 0 Å². The lowest BCUT2D eigenvalue weighted by Gasteiger charge is -2.20. The summed E-state index contributed by atoms with van der Waals surface area (Å²) in [5.74, 6) is -0.242. The quantitative estimate of drug-likeness (QED) is 0.624. The second kappa shape index (κ2) is 5.97. The van der Waals surface area contributed by atoms with Crippen LogP contribution in [0.4, 0.5) is 5.69 Å². The van der Waals surface area contributed by atoms with E-state index in [0.717, 1.165) is 19.3 Å². The molecule has 3 fully saturated rings. The minimum atomic E-state index is -0.482. The van der Waals surface area contributed by atoms with Crippen molar-refractivity contribution in [1.29, 1.82) is 0 Å². The standard InChI is InChI=1S/C20H23NO4/c1-11(2)10-25-20(24)14-5-3-4-6-15(14)21-18(22)16-12-7-8-13(9-12)17(16)19(21)23/h3-6,11-13,16-17H,7-10H2,1-2H3/t12-,13-,16-,17+/m0/s1. The number of rotatable bonds is 4. The van der Waals surface area contributed by atoms with Gasteiger partial charge in [-0.1, -0.05) is 26.0 Å². The first-order valence-electron chi connectivity index (χ1n) is 9.13. The predicted octanol–water partition coefficient (Wildman–Crippen LogP) is 3.03. The van der Waals surface area contributed by atoms with E-state index in [4.69, 9.17) is 4.74 Å². The molecule has 1 aliphatic heterocycles. The van der Waals surface area contributed by atoms with Crippen LogP contribution in [0.25, 0.3) is 0 Å². The van der Waals surface area contributed by atoms with Crippen LogP contribution in [0.5, 0.6) is 0 Å². The average molecular weight is 341 g/mol. The van der Waals surface area contributed by atoms with E-state index in [1.54, 1.807) is 24.3 Å². The van der Waals surface area contributed by atoms with Crippen molar-refractivity contribution in [2.24, 2.45) is 29.6 Å². The molecule has 1 heterocycles. The third-order valence-electron chi connectivity index (χ3n) is 5.84. The van der Waals surface area contributed by atoms with Crippen molar-refractivity contribution in [2.45, 2.75) is 33.1 Å². The molecule has 1 aromatic rings. The van der Waals surface area contributed by atoms with Gasteiger partial charge in [-0.05, 0) is 49.1 Å². The van der Waals surface area contributed by atoms with Crippen molar-refractivity contribution in [3.05, 3.63) is 29.8 Å². The third-order valence-corrected chi connectivity index (χ3v) is 5.84. The van der Waals surface area contributed by atoms with E-state index >= 15 is 0 Å². The number of amides is 2. The smallest absolute Gasteiger partial charge is 0.340 e. The normalized spacial score (nSPS) is 30.3. The molecule has 0 aromatic heterocycles. The zero-order valence-corrected chi connectivity index (χ0v) is 14.6. The summed E-state index contributed by atoms with van der Waals surface area (Å²) in [7, 11) is 0. The Morgan fingerprint density at radius 1 is 1.12 bits per heavy atom. The first-order chi connectivity index (χ1) is 12.0. The second-order valence-electron chi connectivity index (χ2n) is 7.91. The van der Waals surface area contributed by atoms with Gasteiger partial charge >= 0.3 is 5.97 Å². The lowest BCUT2D eigenvalue weighted by Crippen LogP contribution is -2.34. The Hall–Kier alpha value is -2.17. The maximum atomic E-state index is 13.0. The molecule has 4 rings (SSSR count). The number of carbonyl (C=O) groups excluding carboxylic acids is 3. The zero-order chi connectivity index (χ0) is 17.7. The number of imide groups is 1. The van der Waals surface area contributed by atoms with Crippen LogP contribution in [0.1, 0.15) is 43.5 Å². The minimum Gasteiger partial charge on any atom is -0.462 e. The Kier molecular flexibility index (Phi) is 3.89. The molecule has 2 saturated carbocycles. The highest BCUT2D eigenvalue weighted by Crippen LogP contribution is 2.56. The molecule has 0 unspecified atom stereocenters. The van der Waals surface area contributed by atoms with Gasteiger partial charge in [0.05, 0.1) is 29.7 Å². The van der Waals surface area contributed by atoms with Crippen molar-refractivity contribution in [2.75, 3.05) is 11.5 Å². The van der Waals surface area contributed by atoms with Gasteiger partial charge in [0.2, 0.25) is 11.8 Å². The lowest BCUT2D eigenvalue weighted by molar-refractivity contribution is -0.123. The number of para-hydroxylation sites is 1. The highest BCUT2D eigenvalue weighted by Gasteiger charge is 2.61. The second-order valence-corrected chi connectivity index (χ2v) is 7.91. The third kappa shape index (κ3) is 2.48. The van der Waals surface area contributed by atoms with Crippen molar-refractivity contribution >= 4 is 23.5 Å². The number of esters is 1. The largest absolute Gasteiger partial charge is 0.462 e. The average Bonchev–Trinajstić information content (AvgIpc) is 3.27. The maximum absolute atomic E-state index is 13.0. The molecule has 5 nitrogen and oxygen atoms in total. The number of fused-ring (bicyclic) bond motifs is 5. The molecule has 1 saturated heterocycles. The Morgan fingerprint density at radius 3 is 2.32 bits per heavy atom. The van der Waals surface area contributed by atoms with Crippen molar-refractivity contribution in [3.8, 4) is 0 Å². The van der Waals surface area contributed by atoms with Crippen LogP contribution < -0.4 is 4.90 Å². The predicted molar refractivity (Wildman–Crippen MR) is 91.9 cm³/mol. The lowest BCUT2D eigenvalue weighted by atomic mass is 9.81. The van der Waals surface area contributed by atoms with E-state index in [9.17, 15) is 14.4 Å². The number of anilines is 1. The number of hydrogen-bond donors (Lipinski definition) is 0. The Balaban J connectivity index is 1.65. The highest BCUT2D eigenvalue weighted by atomic mass is 16.5. The molecule has 25 heavy (non-hydrogen) atoms. The summed E-state index contributed by atoms with van der Waals surface area (Å²) in [6.07, 6.45) is 3.08. The van der Waals surface area contributed by atoms with E-state index in [1.807, 2.05) is 13.8 Å². The van der Waals surface area contributed by atoms with Gasteiger partial charge in [0.25, 0.3) is 0 Å². The van der Waals surface area contributed by atoms with Crippen molar-refractivity contribution < 1.29 is 19.1 Å². The van der Waals surface area contributed by atoms with Crippen LogP contribution in [0.2, 0.25) is 0 Å². The SMILES string of the molecule is CC(C)COC(=O)c1ccccc1N1C(=O)[C@@H]2[C@H]3CC[C@@H](C3)[C@@H]2C1=O. The fraction of sp³-hybridized carbons (Fsp3) is 0.550. The molecule has 132 valence electrons. The molecule has 2 amide bonds. The van der Waals surface area contributed by atoms with Gasteiger partial charge in [0.15, 0.2) is 0 Å². The monoisotopic (exact) mass is 341 g/mol. The van der Waals surface area contributed by atoms with Crippen LogP contribution in [0, 0.1) is 29.6 Å². The Labute approximate surface area is 147 Å². The molecular weight excluding hydrogens is 318 g/mol. The van der Waals surface area contributed by atoms with Gasteiger partial charge in [-0.25, -0.2) is 9.69 Å². The highest BCUT2D eigenvalue weighted by molar-refractivity contribution is 6.24. The molecular formula is C20H23NO4. The first-order valence-corrected chi connectivity index (χ1v) is 9.13. The maximum Gasteiger partial charge on any atom is 0.340 e. The van der Waals surface area contributed by atoms with E-state index in [2.05, 4.69) is 0 Å². The zero-order valence-electron chi connectivity index (χ0n) is 14.6. The minimum absolute atomic E-state index is 0.133. The molecule has 0 N–H and O–H groups in total. The summed E-state index contributed by atoms with van der Waals surface area (Å²) in [5, 5.41) is 0. The molecule has 5 heteroatoms. The molecule has 1 aromatic carbocycles. The Bertz CT molecular complexity index is 713. The van der Waals surface area contributed by atoms with Crippen LogP contribution in [0.3, 0.4) is 0 Å². The van der Waals surface area contributed by atoms with Gasteiger partial charge in [0.1, 0.15) is 0 Å². The van der Waals surface area contributed by atoms with Crippen LogP contribution >= 0.6 is 0 Å². The summed E-state index contributed by atoms with van der Waals surface area (Å²) >= 11 is 0. The topological polar surface area (TPSA) is 63.7 Å². The van der Waals surface area contributed by atoms with E-state index in [0.29, 0.717) is 24.1 Å². The van der Waals surface area contributed by atoms with Crippen LogP contribution in [-0.2, 0) is 14.3 Å². The summed E-state index contributed by atoms with van der Waals surface area (Å²) in [4.78, 5) is 39.7. The molecule has 4 atom stereocenters. The first kappa shape index (κ1) is 16.3. The number of nitrogens with zero attached hydrogens (tertiary/aromatic N) is 1. The molecule has 2 bridgehead atoms. The van der Waals surface area contributed by atoms with E-state index in [-0.39, 0.29) is 35.1 Å². The van der Waals surface area contributed by atoms with E-state index in [1.165, 1.54) is 4.90 Å². The van der Waals surface area contributed by atoms with Crippen molar-refractivity contribution in [1.82, 2.24) is 0 Å². The van der Waals surface area contributed by atoms with Crippen LogP contribution in [-0.4, -0.2) is 24.4 Å². The fourth-order valence-corrected chi connectivity index (χ4v) is 4.81. The Morgan fingerprint density at radius 2 is 1.72 bits per heavy atom. The fourth-order valence-electron chi connectivity index (χ4n) is 4.81. The van der Waals surface area contributed by atoms with E-state index < -0.39 is 5.97 Å². The molecule has 2 aliphatic carbocycles. The molecule has 3 aliphatic rings. The number of ether oxygens (including phenoxy) is 1. The summed E-state index contributed by atoms with van der Waals surface area (Å²) in [6.45, 7) is 4.23. The number of carbonyl (C=O) groups is 3. The number of hydrogen-bond acceptors (Lipinski definition) is 4. The molecule has 0 radical (unpaired) electrons. The molecule has 0 spiro atoms. The van der Waals surface area contributed by atoms with Crippen molar-refractivity contribution in [3.63, 3.8) is 0 Å². The summed E-state index contributed by atoms with van der Waals surface area (Å²) in [6, 6.07) is 6.77. The van der Waals surface area contributed by atoms with Crippen LogP contribution in [0.15, 0.2) is 24.3 Å². The van der Waals surface area contributed by atoms with Gasteiger partial charge in [-0.15, -0.1) is 0 Å².